The summed E-state index contributed by atoms with van der Waals surface area (Å²) in [5.74, 6) is -1.04. The van der Waals surface area contributed by atoms with Crippen LogP contribution in [0.3, 0.4) is 0 Å². The quantitative estimate of drug-likeness (QED) is 0.781. The Morgan fingerprint density at radius 2 is 2.29 bits per heavy atom. The molecule has 6 nitrogen and oxygen atoms in total. The number of carbonyl (C=O) groups is 2. The highest BCUT2D eigenvalue weighted by molar-refractivity contribution is 6.02. The van der Waals surface area contributed by atoms with E-state index >= 15 is 0 Å². The third kappa shape index (κ3) is 5.27. The molecular weight excluding hydrogens is 274 g/mol. The fraction of sp³-hybridized carbons (Fsp3) is 0.333. The molecule has 1 atom stereocenters. The molecule has 1 aliphatic rings. The highest BCUT2D eigenvalue weighted by atomic mass is 16.5. The van der Waals surface area contributed by atoms with Gasteiger partial charge < -0.3 is 19.9 Å². The molecular formula is C15H17NO5. The van der Waals surface area contributed by atoms with Crippen molar-refractivity contribution in [2.75, 3.05) is 18.5 Å². The molecule has 2 rings (SSSR count). The Morgan fingerprint density at radius 3 is 3.00 bits per heavy atom. The Hall–Kier alpha value is -2.34. The van der Waals surface area contributed by atoms with Crippen LogP contribution in [-0.4, -0.2) is 36.3 Å². The molecule has 1 aromatic rings. The van der Waals surface area contributed by atoms with Gasteiger partial charge in [-0.05, 0) is 25.0 Å². The van der Waals surface area contributed by atoms with Gasteiger partial charge in [-0.15, -0.1) is 0 Å². The Morgan fingerprint density at radius 1 is 1.43 bits per heavy atom. The lowest BCUT2D eigenvalue weighted by Crippen LogP contribution is -2.16. The van der Waals surface area contributed by atoms with Gasteiger partial charge in [-0.2, -0.15) is 0 Å². The van der Waals surface area contributed by atoms with Crippen molar-refractivity contribution in [2.45, 2.75) is 18.9 Å². The molecule has 2 N–H and O–H groups in total. The summed E-state index contributed by atoms with van der Waals surface area (Å²) in [6.07, 6.45) is 3.92. The van der Waals surface area contributed by atoms with Gasteiger partial charge in [0.15, 0.2) is 0 Å². The van der Waals surface area contributed by atoms with Gasteiger partial charge in [-0.1, -0.05) is 6.07 Å². The van der Waals surface area contributed by atoms with Crippen molar-refractivity contribution < 1.29 is 24.2 Å². The highest BCUT2D eigenvalue weighted by Crippen LogP contribution is 2.19. The maximum atomic E-state index is 11.5. The largest absolute Gasteiger partial charge is 0.491 e. The third-order valence-electron chi connectivity index (χ3n) is 2.94. The summed E-state index contributed by atoms with van der Waals surface area (Å²) in [5, 5.41) is 11.0. The molecule has 0 aliphatic carbocycles. The molecule has 1 fully saturated rings. The van der Waals surface area contributed by atoms with Crippen LogP contribution in [0, 0.1) is 0 Å². The number of carboxylic acid groups (broad SMARTS) is 1. The van der Waals surface area contributed by atoms with Crippen molar-refractivity contribution >= 4 is 17.6 Å². The van der Waals surface area contributed by atoms with Crippen molar-refractivity contribution in [2.24, 2.45) is 0 Å². The second-order valence-corrected chi connectivity index (χ2v) is 4.63. The number of carboxylic acids is 1. The van der Waals surface area contributed by atoms with Crippen molar-refractivity contribution in [3.05, 3.63) is 36.4 Å². The summed E-state index contributed by atoms with van der Waals surface area (Å²) in [6, 6.07) is 6.92. The number of amides is 1. The van der Waals surface area contributed by atoms with Crippen molar-refractivity contribution in [3.63, 3.8) is 0 Å². The Kier molecular flexibility index (Phi) is 5.34. The first-order valence-corrected chi connectivity index (χ1v) is 6.70. The molecule has 112 valence electrons. The molecule has 1 unspecified atom stereocenters. The van der Waals surface area contributed by atoms with Crippen molar-refractivity contribution in [3.8, 4) is 5.75 Å². The van der Waals surface area contributed by atoms with E-state index in [1.165, 1.54) is 0 Å². The predicted molar refractivity (Wildman–Crippen MR) is 76.3 cm³/mol. The lowest BCUT2D eigenvalue weighted by Gasteiger charge is -2.12. The number of anilines is 1. The van der Waals surface area contributed by atoms with Gasteiger partial charge in [0.25, 0.3) is 0 Å². The Bertz CT molecular complexity index is 535. The zero-order valence-electron chi connectivity index (χ0n) is 11.5. The van der Waals surface area contributed by atoms with E-state index in [9.17, 15) is 9.59 Å². The second-order valence-electron chi connectivity index (χ2n) is 4.63. The van der Waals surface area contributed by atoms with Crippen LogP contribution < -0.4 is 10.1 Å². The topological polar surface area (TPSA) is 84.9 Å². The number of nitrogens with one attached hydrogen (secondary N) is 1. The fourth-order valence-electron chi connectivity index (χ4n) is 1.96. The molecule has 6 heteroatoms. The van der Waals surface area contributed by atoms with Crippen molar-refractivity contribution in [1.29, 1.82) is 0 Å². The van der Waals surface area contributed by atoms with Crippen LogP contribution in [-0.2, 0) is 14.3 Å². The first-order valence-electron chi connectivity index (χ1n) is 6.70. The molecule has 0 aromatic heterocycles. The maximum absolute atomic E-state index is 11.5. The van der Waals surface area contributed by atoms with Crippen LogP contribution in [0.25, 0.3) is 0 Å². The van der Waals surface area contributed by atoms with Gasteiger partial charge in [-0.3, -0.25) is 4.79 Å². The smallest absolute Gasteiger partial charge is 0.328 e. The van der Waals surface area contributed by atoms with Gasteiger partial charge >= 0.3 is 5.97 Å². The molecule has 1 saturated heterocycles. The van der Waals surface area contributed by atoms with Crippen LogP contribution in [0.2, 0.25) is 0 Å². The number of aliphatic carboxylic acids is 1. The van der Waals surface area contributed by atoms with E-state index in [2.05, 4.69) is 5.32 Å². The minimum Gasteiger partial charge on any atom is -0.491 e. The van der Waals surface area contributed by atoms with Crippen LogP contribution >= 0.6 is 0 Å². The normalized spacial score (nSPS) is 17.8. The number of hydrogen-bond acceptors (Lipinski definition) is 4. The Balaban J connectivity index is 1.87. The number of rotatable bonds is 6. The van der Waals surface area contributed by atoms with Crippen LogP contribution in [0.4, 0.5) is 5.69 Å². The minimum atomic E-state index is -1.17. The number of carbonyl (C=O) groups excluding carboxylic acids is 1. The summed E-state index contributed by atoms with van der Waals surface area (Å²) in [5.41, 5.74) is 0.542. The zero-order chi connectivity index (χ0) is 15.1. The van der Waals surface area contributed by atoms with Crippen LogP contribution in [0.1, 0.15) is 12.8 Å². The van der Waals surface area contributed by atoms with Gasteiger partial charge in [0, 0.05) is 30.5 Å². The van der Waals surface area contributed by atoms with E-state index in [1.54, 1.807) is 24.3 Å². The number of hydrogen-bond donors (Lipinski definition) is 2. The van der Waals surface area contributed by atoms with Crippen LogP contribution in [0.5, 0.6) is 5.75 Å². The predicted octanol–water partition coefficient (Wildman–Crippen LogP) is 1.82. The molecule has 1 heterocycles. The SMILES string of the molecule is O=C(O)/C=C/C(=O)Nc1cccc(OCC2CCCO2)c1. The standard InChI is InChI=1S/C15H17NO5/c17-14(6-7-15(18)19)16-11-3-1-4-12(9-11)21-10-13-5-2-8-20-13/h1,3-4,6-7,9,13H,2,5,8,10H2,(H,16,17)(H,18,19)/b7-6+. The van der Waals surface area contributed by atoms with E-state index in [1.807, 2.05) is 0 Å². The summed E-state index contributed by atoms with van der Waals surface area (Å²) in [7, 11) is 0. The van der Waals surface area contributed by atoms with Gasteiger partial charge in [-0.25, -0.2) is 4.79 Å². The monoisotopic (exact) mass is 291 g/mol. The number of ether oxygens (including phenoxy) is 2. The molecule has 0 radical (unpaired) electrons. The fourth-order valence-corrected chi connectivity index (χ4v) is 1.96. The molecule has 0 bridgehead atoms. The summed E-state index contributed by atoms with van der Waals surface area (Å²) < 4.78 is 11.1. The molecule has 0 saturated carbocycles. The van der Waals surface area contributed by atoms with E-state index in [-0.39, 0.29) is 6.10 Å². The minimum absolute atomic E-state index is 0.127. The van der Waals surface area contributed by atoms with E-state index < -0.39 is 11.9 Å². The summed E-state index contributed by atoms with van der Waals surface area (Å²) in [4.78, 5) is 21.8. The lowest BCUT2D eigenvalue weighted by molar-refractivity contribution is -0.131. The average Bonchev–Trinajstić information content (AvgIpc) is 2.97. The summed E-state index contributed by atoms with van der Waals surface area (Å²) >= 11 is 0. The maximum Gasteiger partial charge on any atom is 0.328 e. The van der Waals surface area contributed by atoms with Gasteiger partial charge in [0.05, 0.1) is 6.10 Å². The Labute approximate surface area is 122 Å². The lowest BCUT2D eigenvalue weighted by atomic mass is 10.2. The molecule has 1 amide bonds. The molecule has 21 heavy (non-hydrogen) atoms. The molecule has 1 aliphatic heterocycles. The van der Waals surface area contributed by atoms with E-state index in [0.717, 1.165) is 31.6 Å². The van der Waals surface area contributed by atoms with Crippen LogP contribution in [0.15, 0.2) is 36.4 Å². The zero-order valence-corrected chi connectivity index (χ0v) is 11.5. The van der Waals surface area contributed by atoms with E-state index in [0.29, 0.717) is 18.0 Å². The van der Waals surface area contributed by atoms with Gasteiger partial charge in [0.1, 0.15) is 12.4 Å². The first-order chi connectivity index (χ1) is 10.1. The third-order valence-corrected chi connectivity index (χ3v) is 2.94. The first kappa shape index (κ1) is 15.1. The number of benzene rings is 1. The van der Waals surface area contributed by atoms with Gasteiger partial charge in [0.2, 0.25) is 5.91 Å². The van der Waals surface area contributed by atoms with E-state index in [4.69, 9.17) is 14.6 Å². The second kappa shape index (κ2) is 7.44. The molecule has 1 aromatic carbocycles. The van der Waals surface area contributed by atoms with Crippen molar-refractivity contribution in [1.82, 2.24) is 0 Å². The molecule has 0 spiro atoms. The summed E-state index contributed by atoms with van der Waals surface area (Å²) in [6.45, 7) is 1.26. The highest BCUT2D eigenvalue weighted by Gasteiger charge is 2.15. The average molecular weight is 291 g/mol.